The van der Waals surface area contributed by atoms with Gasteiger partial charge in [0.25, 0.3) is 0 Å². The minimum atomic E-state index is -0.0876. The number of amides is 1. The second-order valence-electron chi connectivity index (χ2n) is 7.27. The molecule has 2 aromatic heterocycles. The Kier molecular flexibility index (Phi) is 5.97. The van der Waals surface area contributed by atoms with E-state index in [0.29, 0.717) is 22.7 Å². The standard InChI is InChI=1S/C22H21BrN4O2S/c1-13(2)14-4-7-17(8-5-14)24-20(28)12-30-22-26-25-21(27(22)3)19-11-15-10-16(23)6-9-18(15)29-19/h4-11,13H,12H2,1-3H3,(H,24,28). The number of halogens is 1. The van der Waals surface area contributed by atoms with Crippen molar-refractivity contribution in [1.82, 2.24) is 14.8 Å². The van der Waals surface area contributed by atoms with Crippen molar-refractivity contribution in [2.24, 2.45) is 7.05 Å². The normalized spacial score (nSPS) is 11.4. The molecule has 8 heteroatoms. The van der Waals surface area contributed by atoms with Crippen molar-refractivity contribution < 1.29 is 9.21 Å². The average Bonchev–Trinajstić information content (AvgIpc) is 3.29. The Labute approximate surface area is 187 Å². The van der Waals surface area contributed by atoms with Gasteiger partial charge >= 0.3 is 0 Å². The summed E-state index contributed by atoms with van der Waals surface area (Å²) < 4.78 is 8.72. The second-order valence-corrected chi connectivity index (χ2v) is 9.13. The zero-order chi connectivity index (χ0) is 21.3. The molecule has 4 rings (SSSR count). The topological polar surface area (TPSA) is 73.0 Å². The average molecular weight is 485 g/mol. The Hall–Kier alpha value is -2.58. The number of hydrogen-bond donors (Lipinski definition) is 1. The number of nitrogens with zero attached hydrogens (tertiary/aromatic N) is 3. The molecule has 1 amide bonds. The summed E-state index contributed by atoms with van der Waals surface area (Å²) >= 11 is 4.80. The first-order chi connectivity index (χ1) is 14.4. The quantitative estimate of drug-likeness (QED) is 0.347. The lowest BCUT2D eigenvalue weighted by atomic mass is 10.0. The van der Waals surface area contributed by atoms with Crippen LogP contribution in [0.1, 0.15) is 25.3 Å². The van der Waals surface area contributed by atoms with Crippen LogP contribution < -0.4 is 5.32 Å². The van der Waals surface area contributed by atoms with Gasteiger partial charge in [0.15, 0.2) is 16.7 Å². The maximum absolute atomic E-state index is 12.3. The molecule has 0 atom stereocenters. The van der Waals surface area contributed by atoms with E-state index in [1.54, 1.807) is 0 Å². The van der Waals surface area contributed by atoms with Gasteiger partial charge in [0.1, 0.15) is 5.58 Å². The van der Waals surface area contributed by atoms with E-state index in [1.807, 2.05) is 60.1 Å². The number of nitrogens with one attached hydrogen (secondary N) is 1. The van der Waals surface area contributed by atoms with Crippen LogP contribution in [0.15, 0.2) is 62.6 Å². The molecule has 0 aliphatic heterocycles. The van der Waals surface area contributed by atoms with E-state index in [1.165, 1.54) is 17.3 Å². The van der Waals surface area contributed by atoms with Crippen molar-refractivity contribution in [3.63, 3.8) is 0 Å². The molecule has 4 aromatic rings. The van der Waals surface area contributed by atoms with Crippen LogP contribution in [0, 0.1) is 0 Å². The lowest BCUT2D eigenvalue weighted by molar-refractivity contribution is -0.113. The minimum absolute atomic E-state index is 0.0876. The third-order valence-electron chi connectivity index (χ3n) is 4.73. The fourth-order valence-corrected chi connectivity index (χ4v) is 4.15. The van der Waals surface area contributed by atoms with Crippen molar-refractivity contribution >= 4 is 50.3 Å². The van der Waals surface area contributed by atoms with Gasteiger partial charge < -0.3 is 14.3 Å². The number of carbonyl (C=O) groups excluding carboxylic acids is 1. The third kappa shape index (κ3) is 4.44. The molecule has 0 fully saturated rings. The molecule has 2 heterocycles. The first-order valence-corrected chi connectivity index (χ1v) is 11.3. The van der Waals surface area contributed by atoms with Crippen molar-refractivity contribution in [3.8, 4) is 11.6 Å². The zero-order valence-corrected chi connectivity index (χ0v) is 19.3. The summed E-state index contributed by atoms with van der Waals surface area (Å²) in [5.74, 6) is 1.87. The molecule has 30 heavy (non-hydrogen) atoms. The second kappa shape index (κ2) is 8.65. The summed E-state index contributed by atoms with van der Waals surface area (Å²) in [5, 5.41) is 13.0. The first-order valence-electron chi connectivity index (χ1n) is 9.52. The maximum Gasteiger partial charge on any atom is 0.234 e. The van der Waals surface area contributed by atoms with E-state index < -0.39 is 0 Å². The molecule has 0 spiro atoms. The molecular formula is C22H21BrN4O2S. The highest BCUT2D eigenvalue weighted by molar-refractivity contribution is 9.10. The van der Waals surface area contributed by atoms with Gasteiger partial charge in [0, 0.05) is 22.6 Å². The molecule has 0 unspecified atom stereocenters. The first kappa shape index (κ1) is 20.7. The van der Waals surface area contributed by atoms with Crippen LogP contribution in [-0.4, -0.2) is 26.4 Å². The molecule has 0 radical (unpaired) electrons. The van der Waals surface area contributed by atoms with Gasteiger partial charge in [-0.05, 0) is 47.9 Å². The van der Waals surface area contributed by atoms with Crippen LogP contribution in [0.5, 0.6) is 0 Å². The van der Waals surface area contributed by atoms with Crippen LogP contribution in [-0.2, 0) is 11.8 Å². The fourth-order valence-electron chi connectivity index (χ4n) is 3.06. The number of thioether (sulfide) groups is 1. The largest absolute Gasteiger partial charge is 0.453 e. The lowest BCUT2D eigenvalue weighted by Gasteiger charge is -2.08. The van der Waals surface area contributed by atoms with Crippen molar-refractivity contribution in [2.75, 3.05) is 11.1 Å². The van der Waals surface area contributed by atoms with Gasteiger partial charge in [-0.15, -0.1) is 10.2 Å². The Morgan fingerprint density at radius 2 is 1.93 bits per heavy atom. The summed E-state index contributed by atoms with van der Waals surface area (Å²) in [6.07, 6.45) is 0. The predicted octanol–water partition coefficient (Wildman–Crippen LogP) is 5.85. The number of carbonyl (C=O) groups is 1. The van der Waals surface area contributed by atoms with Gasteiger partial charge in [-0.1, -0.05) is 53.7 Å². The molecule has 0 saturated heterocycles. The SMILES string of the molecule is CC(C)c1ccc(NC(=O)CSc2nnc(-c3cc4cc(Br)ccc4o3)n2C)cc1. The fraction of sp³-hybridized carbons (Fsp3) is 0.227. The molecule has 0 aliphatic rings. The summed E-state index contributed by atoms with van der Waals surface area (Å²) in [7, 11) is 1.86. The minimum Gasteiger partial charge on any atom is -0.453 e. The number of rotatable bonds is 6. The number of hydrogen-bond acceptors (Lipinski definition) is 5. The van der Waals surface area contributed by atoms with Crippen LogP contribution in [0.2, 0.25) is 0 Å². The van der Waals surface area contributed by atoms with Crippen LogP contribution in [0.3, 0.4) is 0 Å². The summed E-state index contributed by atoms with van der Waals surface area (Å²) in [4.78, 5) is 12.3. The van der Waals surface area contributed by atoms with Crippen LogP contribution in [0.4, 0.5) is 5.69 Å². The van der Waals surface area contributed by atoms with Gasteiger partial charge in [0.05, 0.1) is 5.75 Å². The highest BCUT2D eigenvalue weighted by Crippen LogP contribution is 2.30. The number of aromatic nitrogens is 3. The van der Waals surface area contributed by atoms with Crippen molar-refractivity contribution in [1.29, 1.82) is 0 Å². The Morgan fingerprint density at radius 3 is 2.67 bits per heavy atom. The molecule has 6 nitrogen and oxygen atoms in total. The van der Waals surface area contributed by atoms with Crippen LogP contribution in [0.25, 0.3) is 22.6 Å². The molecule has 154 valence electrons. The van der Waals surface area contributed by atoms with E-state index in [0.717, 1.165) is 21.1 Å². The summed E-state index contributed by atoms with van der Waals surface area (Å²) in [6.45, 7) is 4.29. The smallest absolute Gasteiger partial charge is 0.234 e. The number of furan rings is 1. The highest BCUT2D eigenvalue weighted by atomic mass is 79.9. The summed E-state index contributed by atoms with van der Waals surface area (Å²) in [6, 6.07) is 15.7. The predicted molar refractivity (Wildman–Crippen MR) is 124 cm³/mol. The van der Waals surface area contributed by atoms with Crippen LogP contribution >= 0.6 is 27.7 Å². The van der Waals surface area contributed by atoms with Gasteiger partial charge in [-0.2, -0.15) is 0 Å². The van der Waals surface area contributed by atoms with E-state index in [2.05, 4.69) is 45.3 Å². The monoisotopic (exact) mass is 484 g/mol. The summed E-state index contributed by atoms with van der Waals surface area (Å²) in [5.41, 5.74) is 2.82. The number of anilines is 1. The highest BCUT2D eigenvalue weighted by Gasteiger charge is 2.16. The van der Waals surface area contributed by atoms with Gasteiger partial charge in [0.2, 0.25) is 5.91 Å². The van der Waals surface area contributed by atoms with Crippen molar-refractivity contribution in [3.05, 3.63) is 58.6 Å². The van der Waals surface area contributed by atoms with Crippen molar-refractivity contribution in [2.45, 2.75) is 24.9 Å². The molecular weight excluding hydrogens is 464 g/mol. The van der Waals surface area contributed by atoms with Gasteiger partial charge in [-0.25, -0.2) is 0 Å². The zero-order valence-electron chi connectivity index (χ0n) is 16.8. The number of fused-ring (bicyclic) bond motifs is 1. The van der Waals surface area contributed by atoms with E-state index in [4.69, 9.17) is 4.42 Å². The molecule has 0 bridgehead atoms. The Bertz CT molecular complexity index is 1200. The molecule has 0 aliphatic carbocycles. The Morgan fingerprint density at radius 1 is 1.17 bits per heavy atom. The molecule has 1 N–H and O–H groups in total. The molecule has 2 aromatic carbocycles. The maximum atomic E-state index is 12.3. The number of benzene rings is 2. The van der Waals surface area contributed by atoms with Gasteiger partial charge in [-0.3, -0.25) is 4.79 Å². The Balaban J connectivity index is 1.41. The van der Waals surface area contributed by atoms with E-state index in [9.17, 15) is 4.79 Å². The van der Waals surface area contributed by atoms with E-state index >= 15 is 0 Å². The lowest BCUT2D eigenvalue weighted by Crippen LogP contribution is -2.14. The third-order valence-corrected chi connectivity index (χ3v) is 6.24. The molecule has 0 saturated carbocycles. The van der Waals surface area contributed by atoms with E-state index in [-0.39, 0.29) is 11.7 Å².